The number of carbonyl (C=O) groups excluding carboxylic acids is 3. The lowest BCUT2D eigenvalue weighted by Crippen LogP contribution is -2.47. The number of hydrogen-bond acceptors (Lipinski definition) is 6. The molecule has 0 saturated carbocycles. The van der Waals surface area contributed by atoms with E-state index in [1.54, 1.807) is 48.5 Å². The Balaban J connectivity index is 1.14. The van der Waals surface area contributed by atoms with Crippen LogP contribution < -0.4 is 4.90 Å². The Labute approximate surface area is 258 Å². The van der Waals surface area contributed by atoms with Crippen molar-refractivity contribution in [3.8, 4) is 0 Å². The Morgan fingerprint density at radius 2 is 1.63 bits per heavy atom. The minimum Gasteiger partial charge on any atom is -0.355 e. The highest BCUT2D eigenvalue weighted by Crippen LogP contribution is 2.32. The summed E-state index contributed by atoms with van der Waals surface area (Å²) in [5.74, 6) is -0.783. The van der Waals surface area contributed by atoms with Gasteiger partial charge in [-0.05, 0) is 53.6 Å². The van der Waals surface area contributed by atoms with Crippen molar-refractivity contribution in [3.05, 3.63) is 106 Å². The van der Waals surface area contributed by atoms with Crippen LogP contribution in [0.4, 0.5) is 5.69 Å². The van der Waals surface area contributed by atoms with Gasteiger partial charge in [0.15, 0.2) is 5.78 Å². The number of piperazine rings is 1. The SMILES string of the molecule is O=C(C=Cc1ccc(Cl)c(Cl)c1)c1ccc(N2C(=O)CC(SC(=S)N3CCN(Cc4ccccc4)CC3)C2=O)cc1. The highest BCUT2D eigenvalue weighted by molar-refractivity contribution is 8.23. The summed E-state index contributed by atoms with van der Waals surface area (Å²) in [5, 5.41) is 0.286. The highest BCUT2D eigenvalue weighted by atomic mass is 35.5. The molecule has 3 aromatic rings. The van der Waals surface area contributed by atoms with Crippen molar-refractivity contribution in [1.82, 2.24) is 9.80 Å². The Kier molecular flexibility index (Phi) is 9.57. The molecule has 0 aliphatic carbocycles. The first kappa shape index (κ1) is 29.5. The number of ketones is 1. The number of halogens is 2. The van der Waals surface area contributed by atoms with E-state index < -0.39 is 5.25 Å². The molecule has 2 fully saturated rings. The van der Waals surface area contributed by atoms with Crippen molar-refractivity contribution in [3.63, 3.8) is 0 Å². The molecule has 10 heteroatoms. The number of imide groups is 1. The van der Waals surface area contributed by atoms with Crippen LogP contribution in [0, 0.1) is 0 Å². The average Bonchev–Trinajstić information content (AvgIpc) is 3.26. The number of hydrogen-bond donors (Lipinski definition) is 0. The molecule has 2 aliphatic rings. The van der Waals surface area contributed by atoms with Gasteiger partial charge in [-0.1, -0.05) is 89.7 Å². The van der Waals surface area contributed by atoms with Crippen molar-refractivity contribution in [2.45, 2.75) is 18.2 Å². The fourth-order valence-corrected chi connectivity index (χ4v) is 6.60. The quantitative estimate of drug-likeness (QED) is 0.131. The maximum Gasteiger partial charge on any atom is 0.247 e. The van der Waals surface area contributed by atoms with Gasteiger partial charge in [0.1, 0.15) is 9.57 Å². The summed E-state index contributed by atoms with van der Waals surface area (Å²) in [6.45, 7) is 4.23. The topological polar surface area (TPSA) is 60.9 Å². The summed E-state index contributed by atoms with van der Waals surface area (Å²) < 4.78 is 0.645. The second-order valence-corrected chi connectivity index (χ2v) is 12.5. The predicted octanol–water partition coefficient (Wildman–Crippen LogP) is 6.36. The molecule has 0 N–H and O–H groups in total. The van der Waals surface area contributed by atoms with E-state index in [2.05, 4.69) is 21.9 Å². The second kappa shape index (κ2) is 13.3. The van der Waals surface area contributed by atoms with E-state index in [0.29, 0.717) is 25.6 Å². The number of thiocarbonyl (C=S) groups is 1. The molecule has 2 amide bonds. The minimum absolute atomic E-state index is 0.0880. The first-order valence-electron chi connectivity index (χ1n) is 13.1. The number of nitrogens with zero attached hydrogens (tertiary/aromatic N) is 3. The normalized spacial score (nSPS) is 18.0. The molecule has 6 nitrogen and oxygen atoms in total. The molecule has 5 rings (SSSR count). The van der Waals surface area contributed by atoms with Crippen LogP contribution in [0.5, 0.6) is 0 Å². The van der Waals surface area contributed by atoms with E-state index >= 15 is 0 Å². The summed E-state index contributed by atoms with van der Waals surface area (Å²) in [6, 6.07) is 21.9. The van der Waals surface area contributed by atoms with Crippen LogP contribution in [0.3, 0.4) is 0 Å². The number of carbonyl (C=O) groups is 3. The summed E-state index contributed by atoms with van der Waals surface area (Å²) in [4.78, 5) is 44.4. The van der Waals surface area contributed by atoms with Gasteiger partial charge < -0.3 is 4.90 Å². The largest absolute Gasteiger partial charge is 0.355 e. The van der Waals surface area contributed by atoms with Crippen molar-refractivity contribution < 1.29 is 14.4 Å². The maximum absolute atomic E-state index is 13.2. The Bertz CT molecular complexity index is 1490. The fourth-order valence-electron chi connectivity index (χ4n) is 4.75. The number of benzene rings is 3. The van der Waals surface area contributed by atoms with Gasteiger partial charge in [-0.15, -0.1) is 0 Å². The molecular weight excluding hydrogens is 597 g/mol. The molecule has 0 aromatic heterocycles. The molecule has 0 bridgehead atoms. The van der Waals surface area contributed by atoms with Crippen LogP contribution in [0.1, 0.15) is 27.9 Å². The minimum atomic E-state index is -0.562. The molecular formula is C31H27Cl2N3O3S2. The summed E-state index contributed by atoms with van der Waals surface area (Å²) in [5.41, 5.74) is 2.90. The van der Waals surface area contributed by atoms with Gasteiger partial charge >= 0.3 is 0 Å². The van der Waals surface area contributed by atoms with Gasteiger partial charge in [-0.3, -0.25) is 19.3 Å². The smallest absolute Gasteiger partial charge is 0.247 e. The molecule has 2 aliphatic heterocycles. The molecule has 0 spiro atoms. The van der Waals surface area contributed by atoms with Gasteiger partial charge in [-0.2, -0.15) is 0 Å². The van der Waals surface area contributed by atoms with E-state index in [9.17, 15) is 14.4 Å². The number of anilines is 1. The van der Waals surface area contributed by atoms with Gasteiger partial charge in [0.2, 0.25) is 11.8 Å². The van der Waals surface area contributed by atoms with Crippen LogP contribution in [-0.4, -0.2) is 63.1 Å². The van der Waals surface area contributed by atoms with Gasteiger partial charge in [0.05, 0.1) is 15.7 Å². The molecule has 3 aromatic carbocycles. The molecule has 0 radical (unpaired) electrons. The Morgan fingerprint density at radius 3 is 2.32 bits per heavy atom. The lowest BCUT2D eigenvalue weighted by Gasteiger charge is -2.36. The third-order valence-electron chi connectivity index (χ3n) is 7.01. The van der Waals surface area contributed by atoms with Crippen LogP contribution >= 0.6 is 47.2 Å². The van der Waals surface area contributed by atoms with Crippen LogP contribution in [0.2, 0.25) is 10.0 Å². The third-order valence-corrected chi connectivity index (χ3v) is 9.41. The molecule has 210 valence electrons. The molecule has 1 unspecified atom stereocenters. The maximum atomic E-state index is 13.2. The van der Waals surface area contributed by atoms with E-state index in [4.69, 9.17) is 35.4 Å². The van der Waals surface area contributed by atoms with Crippen LogP contribution in [-0.2, 0) is 16.1 Å². The third kappa shape index (κ3) is 7.26. The van der Waals surface area contributed by atoms with E-state index in [1.807, 2.05) is 18.2 Å². The van der Waals surface area contributed by atoms with E-state index in [1.165, 1.54) is 28.3 Å². The summed E-state index contributed by atoms with van der Waals surface area (Å²) in [7, 11) is 0. The van der Waals surface area contributed by atoms with Gasteiger partial charge in [0, 0.05) is 44.7 Å². The number of thioether (sulfide) groups is 1. The second-order valence-electron chi connectivity index (χ2n) is 9.81. The first-order valence-corrected chi connectivity index (χ1v) is 15.2. The van der Waals surface area contributed by atoms with Gasteiger partial charge in [0.25, 0.3) is 0 Å². The molecule has 2 heterocycles. The van der Waals surface area contributed by atoms with Crippen LogP contribution in [0.15, 0.2) is 78.9 Å². The van der Waals surface area contributed by atoms with Crippen molar-refractivity contribution in [2.24, 2.45) is 0 Å². The van der Waals surface area contributed by atoms with Crippen molar-refractivity contribution >= 4 is 80.9 Å². The number of allylic oxidation sites excluding steroid dienone is 1. The fraction of sp³-hybridized carbons (Fsp3) is 0.226. The van der Waals surface area contributed by atoms with Crippen molar-refractivity contribution in [2.75, 3.05) is 31.1 Å². The zero-order chi connectivity index (χ0) is 28.9. The standard InChI is InChI=1S/C31H27Cl2N3O3S2/c32-25-12-6-21(18-26(25)33)7-13-27(37)23-8-10-24(11-9-23)36-29(38)19-28(30(36)39)41-31(40)35-16-14-34(15-17-35)20-22-4-2-1-3-5-22/h1-13,18,28H,14-17,19-20H2. The van der Waals surface area contributed by atoms with Crippen molar-refractivity contribution in [1.29, 1.82) is 0 Å². The number of amides is 2. The highest BCUT2D eigenvalue weighted by Gasteiger charge is 2.41. The lowest BCUT2D eigenvalue weighted by molar-refractivity contribution is -0.121. The van der Waals surface area contributed by atoms with Crippen LogP contribution in [0.25, 0.3) is 6.08 Å². The Morgan fingerprint density at radius 1 is 0.927 bits per heavy atom. The summed E-state index contributed by atoms with van der Waals surface area (Å²) in [6.07, 6.45) is 3.18. The monoisotopic (exact) mass is 623 g/mol. The lowest BCUT2D eigenvalue weighted by atomic mass is 10.1. The average molecular weight is 625 g/mol. The predicted molar refractivity (Wildman–Crippen MR) is 171 cm³/mol. The first-order chi connectivity index (χ1) is 19.8. The zero-order valence-electron chi connectivity index (χ0n) is 22.0. The zero-order valence-corrected chi connectivity index (χ0v) is 25.2. The molecule has 2 saturated heterocycles. The van der Waals surface area contributed by atoms with E-state index in [-0.39, 0.29) is 24.0 Å². The number of rotatable bonds is 7. The van der Waals surface area contributed by atoms with E-state index in [0.717, 1.165) is 38.3 Å². The Hall–Kier alpha value is -3.01. The van der Waals surface area contributed by atoms with Gasteiger partial charge in [-0.25, -0.2) is 4.90 Å². The molecule has 1 atom stereocenters. The summed E-state index contributed by atoms with van der Waals surface area (Å²) >= 11 is 18.9. The molecule has 41 heavy (non-hydrogen) atoms.